The van der Waals surface area contributed by atoms with Crippen molar-refractivity contribution in [3.63, 3.8) is 0 Å². The third-order valence-electron chi connectivity index (χ3n) is 5.92. The van der Waals surface area contributed by atoms with Crippen LogP contribution in [-0.4, -0.2) is 61.8 Å². The van der Waals surface area contributed by atoms with E-state index in [9.17, 15) is 0 Å². The summed E-state index contributed by atoms with van der Waals surface area (Å²) >= 11 is 0. The van der Waals surface area contributed by atoms with Crippen molar-refractivity contribution in [1.82, 2.24) is 9.80 Å². The summed E-state index contributed by atoms with van der Waals surface area (Å²) < 4.78 is 5.25. The van der Waals surface area contributed by atoms with E-state index in [1.807, 2.05) is 0 Å². The van der Waals surface area contributed by atoms with Gasteiger partial charge in [-0.15, -0.1) is 0 Å². The van der Waals surface area contributed by atoms with Crippen LogP contribution in [0.5, 0.6) is 5.75 Å². The lowest BCUT2D eigenvalue weighted by Crippen LogP contribution is -2.40. The smallest absolute Gasteiger partial charge is 0.118 e. The standard InChI is InChI=1S/C27H36N2O2/c1-28(20-25-10-8-23(9-11-25)6-3-4-19-30)21-26-7-5-17-29(22-26)18-16-24-12-14-27(31-2)15-13-24/h8-15,26,30H,4-5,7,16-22H2,1-2H3. The summed E-state index contributed by atoms with van der Waals surface area (Å²) in [5, 5.41) is 8.82. The zero-order valence-corrected chi connectivity index (χ0v) is 19.0. The molecule has 1 fully saturated rings. The number of aliphatic hydroxyl groups excluding tert-OH is 1. The second kappa shape index (κ2) is 12.5. The molecule has 4 nitrogen and oxygen atoms in total. The van der Waals surface area contributed by atoms with E-state index >= 15 is 0 Å². The van der Waals surface area contributed by atoms with Crippen molar-refractivity contribution < 1.29 is 9.84 Å². The Morgan fingerprint density at radius 1 is 1.10 bits per heavy atom. The highest BCUT2D eigenvalue weighted by Gasteiger charge is 2.21. The van der Waals surface area contributed by atoms with Gasteiger partial charge in [0.1, 0.15) is 5.75 Å². The maximum absolute atomic E-state index is 8.82. The zero-order chi connectivity index (χ0) is 21.9. The fourth-order valence-electron chi connectivity index (χ4n) is 4.31. The minimum atomic E-state index is 0.121. The molecule has 1 aliphatic heterocycles. The first kappa shape index (κ1) is 23.3. The van der Waals surface area contributed by atoms with Crippen molar-refractivity contribution >= 4 is 0 Å². The number of benzene rings is 2. The molecule has 4 heteroatoms. The molecule has 1 unspecified atom stereocenters. The molecule has 1 saturated heterocycles. The van der Waals surface area contributed by atoms with E-state index in [1.54, 1.807) is 7.11 Å². The molecule has 1 heterocycles. The summed E-state index contributed by atoms with van der Waals surface area (Å²) in [7, 11) is 3.94. The van der Waals surface area contributed by atoms with Gasteiger partial charge < -0.3 is 19.6 Å². The Labute approximate surface area is 187 Å². The van der Waals surface area contributed by atoms with Gasteiger partial charge in [-0.05, 0) is 74.2 Å². The maximum Gasteiger partial charge on any atom is 0.118 e. The van der Waals surface area contributed by atoms with Crippen LogP contribution in [0.15, 0.2) is 48.5 Å². The van der Waals surface area contributed by atoms with Crippen LogP contribution >= 0.6 is 0 Å². The molecule has 166 valence electrons. The Morgan fingerprint density at radius 2 is 1.84 bits per heavy atom. The summed E-state index contributed by atoms with van der Waals surface area (Å²) in [4.78, 5) is 5.08. The lowest BCUT2D eigenvalue weighted by molar-refractivity contribution is 0.142. The Kier molecular flexibility index (Phi) is 9.42. The highest BCUT2D eigenvalue weighted by atomic mass is 16.5. The molecule has 0 radical (unpaired) electrons. The van der Waals surface area contributed by atoms with Crippen molar-refractivity contribution in [1.29, 1.82) is 0 Å². The number of hydrogen-bond acceptors (Lipinski definition) is 4. The van der Waals surface area contributed by atoms with Gasteiger partial charge in [-0.1, -0.05) is 36.1 Å². The van der Waals surface area contributed by atoms with E-state index in [4.69, 9.17) is 9.84 Å². The van der Waals surface area contributed by atoms with Crippen LogP contribution in [0.3, 0.4) is 0 Å². The van der Waals surface area contributed by atoms with Crippen molar-refractivity contribution in [2.75, 3.05) is 46.9 Å². The van der Waals surface area contributed by atoms with Gasteiger partial charge in [0, 0.05) is 38.2 Å². The first-order valence-electron chi connectivity index (χ1n) is 11.4. The van der Waals surface area contributed by atoms with Crippen LogP contribution in [0.2, 0.25) is 0 Å². The fourth-order valence-corrected chi connectivity index (χ4v) is 4.31. The lowest BCUT2D eigenvalue weighted by Gasteiger charge is -2.34. The topological polar surface area (TPSA) is 35.9 Å². The molecule has 0 amide bonds. The third-order valence-corrected chi connectivity index (χ3v) is 5.92. The molecule has 0 saturated carbocycles. The van der Waals surface area contributed by atoms with Crippen LogP contribution in [-0.2, 0) is 13.0 Å². The van der Waals surface area contributed by atoms with E-state index in [-0.39, 0.29) is 6.61 Å². The molecule has 2 aromatic rings. The Hall–Kier alpha value is -2.32. The average molecular weight is 421 g/mol. The minimum Gasteiger partial charge on any atom is -0.497 e. The number of ether oxygens (including phenoxy) is 1. The molecule has 0 spiro atoms. The first-order valence-corrected chi connectivity index (χ1v) is 11.4. The van der Waals surface area contributed by atoms with Crippen molar-refractivity contribution in [3.8, 4) is 17.6 Å². The average Bonchev–Trinajstić information content (AvgIpc) is 2.79. The normalized spacial score (nSPS) is 16.7. The molecule has 0 aliphatic carbocycles. The molecule has 0 aromatic heterocycles. The van der Waals surface area contributed by atoms with E-state index in [2.05, 4.69) is 77.2 Å². The van der Waals surface area contributed by atoms with E-state index in [0.717, 1.165) is 43.3 Å². The van der Waals surface area contributed by atoms with Gasteiger partial charge in [0.05, 0.1) is 13.7 Å². The van der Waals surface area contributed by atoms with Gasteiger partial charge in [-0.3, -0.25) is 0 Å². The number of likely N-dealkylation sites (tertiary alicyclic amines) is 1. The quantitative estimate of drug-likeness (QED) is 0.626. The highest BCUT2D eigenvalue weighted by molar-refractivity contribution is 5.36. The molecule has 3 rings (SSSR count). The second-order valence-electron chi connectivity index (χ2n) is 8.58. The molecular formula is C27H36N2O2. The first-order chi connectivity index (χ1) is 15.2. The van der Waals surface area contributed by atoms with Crippen LogP contribution in [0.4, 0.5) is 0 Å². The molecule has 1 N–H and O–H groups in total. The molecule has 1 aliphatic rings. The molecular weight excluding hydrogens is 384 g/mol. The highest BCUT2D eigenvalue weighted by Crippen LogP contribution is 2.19. The summed E-state index contributed by atoms with van der Waals surface area (Å²) in [6, 6.07) is 17.0. The number of methoxy groups -OCH3 is 1. The summed E-state index contributed by atoms with van der Waals surface area (Å²) in [6.07, 6.45) is 4.24. The van der Waals surface area contributed by atoms with E-state index < -0.39 is 0 Å². The Balaban J connectivity index is 1.42. The predicted octanol–water partition coefficient (Wildman–Crippen LogP) is 3.82. The van der Waals surface area contributed by atoms with Crippen LogP contribution in [0, 0.1) is 17.8 Å². The largest absolute Gasteiger partial charge is 0.497 e. The SMILES string of the molecule is COc1ccc(CCN2CCCC(CN(C)Cc3ccc(C#CCCO)cc3)C2)cc1. The van der Waals surface area contributed by atoms with Crippen LogP contribution < -0.4 is 4.74 Å². The van der Waals surface area contributed by atoms with Crippen LogP contribution in [0.1, 0.15) is 36.0 Å². The molecule has 31 heavy (non-hydrogen) atoms. The monoisotopic (exact) mass is 420 g/mol. The molecule has 2 aromatic carbocycles. The lowest BCUT2D eigenvalue weighted by atomic mass is 9.97. The Morgan fingerprint density at radius 3 is 2.55 bits per heavy atom. The fraction of sp³-hybridized carbons (Fsp3) is 0.481. The summed E-state index contributed by atoms with van der Waals surface area (Å²) in [6.45, 7) is 5.76. The van der Waals surface area contributed by atoms with Gasteiger partial charge >= 0.3 is 0 Å². The zero-order valence-electron chi connectivity index (χ0n) is 19.0. The molecule has 1 atom stereocenters. The van der Waals surface area contributed by atoms with Gasteiger partial charge in [0.2, 0.25) is 0 Å². The van der Waals surface area contributed by atoms with Gasteiger partial charge in [0.25, 0.3) is 0 Å². The number of nitrogens with zero attached hydrogens (tertiary/aromatic N) is 2. The third kappa shape index (κ3) is 8.03. The van der Waals surface area contributed by atoms with Crippen LogP contribution in [0.25, 0.3) is 0 Å². The predicted molar refractivity (Wildman–Crippen MR) is 127 cm³/mol. The number of rotatable bonds is 9. The maximum atomic E-state index is 8.82. The van der Waals surface area contributed by atoms with Gasteiger partial charge in [-0.2, -0.15) is 0 Å². The minimum absolute atomic E-state index is 0.121. The van der Waals surface area contributed by atoms with Crippen molar-refractivity contribution in [2.45, 2.75) is 32.2 Å². The van der Waals surface area contributed by atoms with E-state index in [1.165, 1.54) is 37.1 Å². The second-order valence-corrected chi connectivity index (χ2v) is 8.58. The van der Waals surface area contributed by atoms with Gasteiger partial charge in [-0.25, -0.2) is 0 Å². The number of aliphatic hydroxyl groups is 1. The number of piperidine rings is 1. The Bertz CT molecular complexity index is 836. The van der Waals surface area contributed by atoms with Gasteiger partial charge in [0.15, 0.2) is 0 Å². The van der Waals surface area contributed by atoms with Crippen molar-refractivity contribution in [3.05, 3.63) is 65.2 Å². The summed E-state index contributed by atoms with van der Waals surface area (Å²) in [5.41, 5.74) is 3.71. The van der Waals surface area contributed by atoms with E-state index in [0.29, 0.717) is 6.42 Å². The number of hydrogen-bond donors (Lipinski definition) is 1. The van der Waals surface area contributed by atoms with Crippen molar-refractivity contribution in [2.24, 2.45) is 5.92 Å². The molecule has 0 bridgehead atoms. The summed E-state index contributed by atoms with van der Waals surface area (Å²) in [5.74, 6) is 7.73.